The molecule has 0 bridgehead atoms. The molecule has 2 aliphatic rings. The van der Waals surface area contributed by atoms with Gasteiger partial charge < -0.3 is 10.5 Å². The van der Waals surface area contributed by atoms with Crippen LogP contribution in [0.5, 0.6) is 0 Å². The Morgan fingerprint density at radius 1 is 1.68 bits per heavy atom. The van der Waals surface area contributed by atoms with E-state index in [-0.39, 0.29) is 11.4 Å². The maximum atomic E-state index is 11.2. The highest BCUT2D eigenvalue weighted by atomic mass is 16.6. The fourth-order valence-electron chi connectivity index (χ4n) is 4.14. The summed E-state index contributed by atoms with van der Waals surface area (Å²) < 4.78 is 5.44. The van der Waals surface area contributed by atoms with Crippen LogP contribution >= 0.6 is 0 Å². The first-order valence-corrected chi connectivity index (χ1v) is 7.05. The summed E-state index contributed by atoms with van der Waals surface area (Å²) in [6.07, 6.45) is 7.38. The van der Waals surface area contributed by atoms with E-state index in [0.29, 0.717) is 18.4 Å². The summed E-state index contributed by atoms with van der Waals surface area (Å²) in [5, 5.41) is 0. The second-order valence-electron chi connectivity index (χ2n) is 6.74. The Morgan fingerprint density at radius 3 is 2.89 bits per heavy atom. The molecule has 0 aliphatic heterocycles. The molecular weight excluding hydrogens is 238 g/mol. The van der Waals surface area contributed by atoms with E-state index >= 15 is 0 Å². The zero-order valence-electron chi connectivity index (χ0n) is 12.2. The minimum Gasteiger partial charge on any atom is -0.460 e. The lowest BCUT2D eigenvalue weighted by Gasteiger charge is -2.54. The molecule has 0 aromatic rings. The number of carbonyl (C=O) groups is 1. The Labute approximate surface area is 115 Å². The monoisotopic (exact) mass is 263 g/mol. The van der Waals surface area contributed by atoms with Gasteiger partial charge in [-0.05, 0) is 56.9 Å². The summed E-state index contributed by atoms with van der Waals surface area (Å²) in [4.78, 5) is 11.2. The summed E-state index contributed by atoms with van der Waals surface area (Å²) in [6.45, 7) is 9.93. The predicted octanol–water partition coefficient (Wildman–Crippen LogP) is 2.82. The van der Waals surface area contributed by atoms with Crippen molar-refractivity contribution in [3.8, 4) is 0 Å². The summed E-state index contributed by atoms with van der Waals surface area (Å²) >= 11 is 0. The molecule has 0 unspecified atom stereocenters. The number of rotatable bonds is 5. The molecule has 0 aromatic heterocycles. The smallest absolute Gasteiger partial charge is 0.303 e. The lowest BCUT2D eigenvalue weighted by atomic mass is 9.52. The number of ether oxygens (including phenoxy) is 1. The average molecular weight is 263 g/mol. The van der Waals surface area contributed by atoms with Crippen molar-refractivity contribution in [2.75, 3.05) is 6.54 Å². The van der Waals surface area contributed by atoms with E-state index in [4.69, 9.17) is 10.5 Å². The van der Waals surface area contributed by atoms with E-state index in [1.165, 1.54) is 12.5 Å². The molecule has 0 saturated heterocycles. The first-order valence-electron chi connectivity index (χ1n) is 7.05. The number of esters is 1. The molecule has 3 atom stereocenters. The molecule has 3 nitrogen and oxygen atoms in total. The van der Waals surface area contributed by atoms with Gasteiger partial charge in [-0.1, -0.05) is 24.3 Å². The molecule has 106 valence electrons. The zero-order chi connectivity index (χ0) is 14.3. The van der Waals surface area contributed by atoms with Crippen LogP contribution in [0.3, 0.4) is 0 Å². The van der Waals surface area contributed by atoms with Gasteiger partial charge in [-0.2, -0.15) is 0 Å². The largest absolute Gasteiger partial charge is 0.460 e. The molecular formula is C16H25NO2. The third-order valence-electron chi connectivity index (χ3n) is 4.64. The first-order chi connectivity index (χ1) is 8.82. The topological polar surface area (TPSA) is 52.3 Å². The summed E-state index contributed by atoms with van der Waals surface area (Å²) in [6, 6.07) is 0. The van der Waals surface area contributed by atoms with Crippen LogP contribution < -0.4 is 5.73 Å². The molecule has 0 spiro atoms. The Hall–Kier alpha value is -1.09. The van der Waals surface area contributed by atoms with Gasteiger partial charge >= 0.3 is 5.97 Å². The second-order valence-corrected chi connectivity index (χ2v) is 6.74. The van der Waals surface area contributed by atoms with Gasteiger partial charge in [0.2, 0.25) is 0 Å². The standard InChI is InChI=1S/C16H25NO2/c1-5-12-6-13-8-16(10-17,14(13)7-12)9-15(3,4)19-11(2)18/h5,7,13-14H,1,6,8-10,17H2,2-4H3/t13-,14-,16-/m1/s1. The molecule has 0 amide bonds. The lowest BCUT2D eigenvalue weighted by Crippen LogP contribution is -2.53. The van der Waals surface area contributed by atoms with E-state index in [1.807, 2.05) is 19.9 Å². The number of carbonyl (C=O) groups excluding carboxylic acids is 1. The number of allylic oxidation sites excluding steroid dienone is 3. The molecule has 0 aromatic carbocycles. The van der Waals surface area contributed by atoms with E-state index in [2.05, 4.69) is 12.7 Å². The Morgan fingerprint density at radius 2 is 2.37 bits per heavy atom. The highest BCUT2D eigenvalue weighted by molar-refractivity contribution is 5.66. The fraction of sp³-hybridized carbons (Fsp3) is 0.688. The van der Waals surface area contributed by atoms with Crippen molar-refractivity contribution in [1.29, 1.82) is 0 Å². The van der Waals surface area contributed by atoms with Crippen LogP contribution in [0.1, 0.15) is 40.0 Å². The van der Waals surface area contributed by atoms with Gasteiger partial charge in [-0.15, -0.1) is 0 Å². The Balaban J connectivity index is 2.11. The van der Waals surface area contributed by atoms with Gasteiger partial charge in [-0.3, -0.25) is 4.79 Å². The van der Waals surface area contributed by atoms with Crippen molar-refractivity contribution in [3.63, 3.8) is 0 Å². The first kappa shape index (κ1) is 14.3. The number of hydrogen-bond acceptors (Lipinski definition) is 3. The Kier molecular flexibility index (Phi) is 3.61. The van der Waals surface area contributed by atoms with E-state index in [1.54, 1.807) is 0 Å². The number of hydrogen-bond donors (Lipinski definition) is 1. The Bertz CT molecular complexity index is 424. The van der Waals surface area contributed by atoms with Crippen molar-refractivity contribution >= 4 is 5.97 Å². The molecule has 2 N–H and O–H groups in total. The third kappa shape index (κ3) is 2.62. The highest BCUT2D eigenvalue weighted by Gasteiger charge is 2.55. The molecule has 1 saturated carbocycles. The van der Waals surface area contributed by atoms with Gasteiger partial charge in [0, 0.05) is 6.92 Å². The van der Waals surface area contributed by atoms with Crippen LogP contribution in [0, 0.1) is 17.3 Å². The second kappa shape index (κ2) is 4.78. The zero-order valence-corrected chi connectivity index (χ0v) is 12.2. The third-order valence-corrected chi connectivity index (χ3v) is 4.64. The van der Waals surface area contributed by atoms with Gasteiger partial charge in [0.1, 0.15) is 5.60 Å². The normalized spacial score (nSPS) is 33.2. The van der Waals surface area contributed by atoms with Crippen molar-refractivity contribution in [3.05, 3.63) is 24.3 Å². The van der Waals surface area contributed by atoms with Crippen LogP contribution in [0.4, 0.5) is 0 Å². The molecule has 3 heteroatoms. The van der Waals surface area contributed by atoms with Crippen molar-refractivity contribution in [1.82, 2.24) is 0 Å². The highest BCUT2D eigenvalue weighted by Crippen LogP contribution is 2.60. The van der Waals surface area contributed by atoms with Crippen molar-refractivity contribution in [2.24, 2.45) is 23.0 Å². The molecule has 2 rings (SSSR count). The molecule has 0 heterocycles. The van der Waals surface area contributed by atoms with Crippen LogP contribution in [0.15, 0.2) is 24.3 Å². The molecule has 2 aliphatic carbocycles. The van der Waals surface area contributed by atoms with Crippen LogP contribution in [-0.4, -0.2) is 18.1 Å². The number of fused-ring (bicyclic) bond motifs is 1. The van der Waals surface area contributed by atoms with Crippen molar-refractivity contribution in [2.45, 2.75) is 45.6 Å². The lowest BCUT2D eigenvalue weighted by molar-refractivity contribution is -0.161. The molecule has 1 fully saturated rings. The van der Waals surface area contributed by atoms with Crippen LogP contribution in [-0.2, 0) is 9.53 Å². The van der Waals surface area contributed by atoms with Crippen molar-refractivity contribution < 1.29 is 9.53 Å². The SMILES string of the molecule is C=CC1=C[C@@H]2[C@H](C1)C[C@]2(CN)CC(C)(C)OC(C)=O. The van der Waals surface area contributed by atoms with E-state index in [0.717, 1.165) is 19.3 Å². The van der Waals surface area contributed by atoms with Gasteiger partial charge in [0.25, 0.3) is 0 Å². The maximum Gasteiger partial charge on any atom is 0.303 e. The van der Waals surface area contributed by atoms with Gasteiger partial charge in [-0.25, -0.2) is 0 Å². The molecule has 19 heavy (non-hydrogen) atoms. The summed E-state index contributed by atoms with van der Waals surface area (Å²) in [7, 11) is 0. The fourth-order valence-corrected chi connectivity index (χ4v) is 4.14. The van der Waals surface area contributed by atoms with E-state index in [9.17, 15) is 4.79 Å². The quantitative estimate of drug-likeness (QED) is 0.776. The minimum absolute atomic E-state index is 0.0916. The van der Waals surface area contributed by atoms with Crippen LogP contribution in [0.2, 0.25) is 0 Å². The predicted molar refractivity (Wildman–Crippen MR) is 76.4 cm³/mol. The maximum absolute atomic E-state index is 11.2. The summed E-state index contributed by atoms with van der Waals surface area (Å²) in [5.74, 6) is 1.02. The average Bonchev–Trinajstić information content (AvgIpc) is 2.62. The molecule has 0 radical (unpaired) electrons. The van der Waals surface area contributed by atoms with Gasteiger partial charge in [0.05, 0.1) is 0 Å². The van der Waals surface area contributed by atoms with Crippen LogP contribution in [0.25, 0.3) is 0 Å². The summed E-state index contributed by atoms with van der Waals surface area (Å²) in [5.41, 5.74) is 7.05. The minimum atomic E-state index is -0.444. The van der Waals surface area contributed by atoms with Gasteiger partial charge in [0.15, 0.2) is 0 Å². The van der Waals surface area contributed by atoms with E-state index < -0.39 is 5.60 Å². The number of nitrogens with two attached hydrogens (primary N) is 1.